The molecule has 40 heavy (non-hydrogen) atoms. The molecular formula is C29H27F3N4O3S. The molecule has 0 unspecified atom stereocenters. The van der Waals surface area contributed by atoms with Crippen LogP contribution in [0.1, 0.15) is 33.6 Å². The third-order valence-corrected chi connectivity index (χ3v) is 6.69. The summed E-state index contributed by atoms with van der Waals surface area (Å²) in [6.07, 6.45) is -4.50. The first-order chi connectivity index (χ1) is 19.2. The van der Waals surface area contributed by atoms with E-state index in [2.05, 4.69) is 15.6 Å². The number of anilines is 2. The molecule has 4 rings (SSSR count). The van der Waals surface area contributed by atoms with Gasteiger partial charge >= 0.3 is 6.18 Å². The Kier molecular flexibility index (Phi) is 9.39. The average Bonchev–Trinajstić information content (AvgIpc) is 3.43. The molecule has 0 aliphatic heterocycles. The molecule has 4 aromatic rings. The maximum atomic E-state index is 13.4. The molecule has 208 valence electrons. The van der Waals surface area contributed by atoms with Crippen molar-refractivity contribution in [2.75, 3.05) is 19.0 Å². The van der Waals surface area contributed by atoms with Gasteiger partial charge in [-0.15, -0.1) is 11.3 Å². The van der Waals surface area contributed by atoms with Crippen molar-refractivity contribution in [1.82, 2.24) is 15.2 Å². The van der Waals surface area contributed by atoms with Crippen molar-refractivity contribution < 1.29 is 27.5 Å². The number of benzene rings is 3. The highest BCUT2D eigenvalue weighted by molar-refractivity contribution is 7.14. The molecule has 0 aliphatic rings. The predicted molar refractivity (Wildman–Crippen MR) is 147 cm³/mol. The molecule has 11 heteroatoms. The number of carbonyl (C=O) groups excluding carboxylic acids is 2. The van der Waals surface area contributed by atoms with Gasteiger partial charge in [0.25, 0.3) is 5.91 Å². The average molecular weight is 569 g/mol. The standard InChI is InChI=1S/C29H27F3N4O3S/c1-39-25-13-6-5-12-23(25)34-28-35-24(19-40-28)27(38)36(18-20-8-3-2-4-9-20)15-14-26(37)33-17-21-10-7-11-22(16-21)29(30,31)32/h2-13,16,19H,14-15,17-18H2,1H3,(H,33,37)(H,34,35). The molecule has 3 aromatic carbocycles. The van der Waals surface area contributed by atoms with Crippen LogP contribution in [0.25, 0.3) is 0 Å². The number of methoxy groups -OCH3 is 1. The van der Waals surface area contributed by atoms with Crippen LogP contribution in [0.2, 0.25) is 0 Å². The number of hydrogen-bond donors (Lipinski definition) is 2. The summed E-state index contributed by atoms with van der Waals surface area (Å²) in [6, 6.07) is 21.5. The lowest BCUT2D eigenvalue weighted by Gasteiger charge is -2.22. The summed E-state index contributed by atoms with van der Waals surface area (Å²) in [5.74, 6) is -0.105. The number of ether oxygens (including phenoxy) is 1. The Bertz CT molecular complexity index is 1440. The van der Waals surface area contributed by atoms with E-state index >= 15 is 0 Å². The SMILES string of the molecule is COc1ccccc1Nc1nc(C(=O)N(CCC(=O)NCc2cccc(C(F)(F)F)c2)Cc2ccccc2)cs1. The van der Waals surface area contributed by atoms with Gasteiger partial charge in [0.15, 0.2) is 5.13 Å². The molecular weight excluding hydrogens is 541 g/mol. The topological polar surface area (TPSA) is 83.6 Å². The molecule has 0 spiro atoms. The number of nitrogens with one attached hydrogen (secondary N) is 2. The quantitative estimate of drug-likeness (QED) is 0.223. The number of aromatic nitrogens is 1. The van der Waals surface area contributed by atoms with Crippen molar-refractivity contribution in [3.63, 3.8) is 0 Å². The normalized spacial score (nSPS) is 11.1. The van der Waals surface area contributed by atoms with Gasteiger partial charge in [-0.25, -0.2) is 4.98 Å². The lowest BCUT2D eigenvalue weighted by molar-refractivity contribution is -0.137. The summed E-state index contributed by atoms with van der Waals surface area (Å²) in [6.45, 7) is 0.293. The third-order valence-electron chi connectivity index (χ3n) is 5.93. The van der Waals surface area contributed by atoms with E-state index in [0.29, 0.717) is 22.1 Å². The number of rotatable bonds is 11. The van der Waals surface area contributed by atoms with Gasteiger partial charge in [-0.3, -0.25) is 9.59 Å². The van der Waals surface area contributed by atoms with Crippen molar-refractivity contribution >= 4 is 34.0 Å². The minimum absolute atomic E-state index is 0.0337. The van der Waals surface area contributed by atoms with Crippen molar-refractivity contribution in [2.24, 2.45) is 0 Å². The summed E-state index contributed by atoms with van der Waals surface area (Å²) < 4.78 is 44.3. The van der Waals surface area contributed by atoms with Crippen LogP contribution in [0.4, 0.5) is 24.0 Å². The van der Waals surface area contributed by atoms with Crippen molar-refractivity contribution in [3.8, 4) is 5.75 Å². The van der Waals surface area contributed by atoms with Crippen LogP contribution in [-0.2, 0) is 24.1 Å². The van der Waals surface area contributed by atoms with E-state index < -0.39 is 11.7 Å². The highest BCUT2D eigenvalue weighted by Gasteiger charge is 2.30. The number of nitrogens with zero attached hydrogens (tertiary/aromatic N) is 2. The van der Waals surface area contributed by atoms with Gasteiger partial charge in [-0.05, 0) is 35.4 Å². The maximum Gasteiger partial charge on any atom is 0.416 e. The fourth-order valence-electron chi connectivity index (χ4n) is 3.89. The molecule has 0 atom stereocenters. The first kappa shape index (κ1) is 28.6. The molecule has 2 amide bonds. The minimum Gasteiger partial charge on any atom is -0.495 e. The maximum absolute atomic E-state index is 13.4. The van der Waals surface area contributed by atoms with Gasteiger partial charge in [0, 0.05) is 31.4 Å². The minimum atomic E-state index is -4.46. The van der Waals surface area contributed by atoms with Gasteiger partial charge < -0.3 is 20.3 Å². The zero-order valence-corrected chi connectivity index (χ0v) is 22.4. The number of amides is 2. The van der Waals surface area contributed by atoms with Crippen LogP contribution < -0.4 is 15.4 Å². The van der Waals surface area contributed by atoms with E-state index in [9.17, 15) is 22.8 Å². The van der Waals surface area contributed by atoms with Crippen LogP contribution >= 0.6 is 11.3 Å². The fraction of sp³-hybridized carbons (Fsp3) is 0.207. The van der Waals surface area contributed by atoms with Crippen LogP contribution in [0.5, 0.6) is 5.75 Å². The van der Waals surface area contributed by atoms with E-state index in [1.165, 1.54) is 28.4 Å². The number of halogens is 3. The Morgan fingerprint density at radius 2 is 1.70 bits per heavy atom. The molecule has 0 saturated heterocycles. The van der Waals surface area contributed by atoms with E-state index in [4.69, 9.17) is 4.74 Å². The number of hydrogen-bond acceptors (Lipinski definition) is 6. The molecule has 1 heterocycles. The van der Waals surface area contributed by atoms with Crippen molar-refractivity contribution in [2.45, 2.75) is 25.7 Å². The number of alkyl halides is 3. The second-order valence-corrected chi connectivity index (χ2v) is 9.66. The zero-order chi connectivity index (χ0) is 28.5. The Morgan fingerprint density at radius 3 is 2.45 bits per heavy atom. The Balaban J connectivity index is 1.41. The monoisotopic (exact) mass is 568 g/mol. The molecule has 0 aliphatic carbocycles. The van der Waals surface area contributed by atoms with E-state index in [1.807, 2.05) is 54.6 Å². The van der Waals surface area contributed by atoms with Crippen LogP contribution in [0.15, 0.2) is 84.2 Å². The first-order valence-electron chi connectivity index (χ1n) is 12.3. The van der Waals surface area contributed by atoms with Gasteiger partial charge in [0.05, 0.1) is 18.4 Å². The summed E-state index contributed by atoms with van der Waals surface area (Å²) in [4.78, 5) is 32.0. The predicted octanol–water partition coefficient (Wildman–Crippen LogP) is 6.26. The molecule has 0 radical (unpaired) electrons. The van der Waals surface area contributed by atoms with Crippen molar-refractivity contribution in [3.05, 3.63) is 107 Å². The third kappa shape index (κ3) is 7.82. The second kappa shape index (κ2) is 13.1. The molecule has 0 fully saturated rings. The Labute approximate surface area is 233 Å². The number of carbonyl (C=O) groups is 2. The molecule has 2 N–H and O–H groups in total. The zero-order valence-electron chi connectivity index (χ0n) is 21.6. The Hall–Kier alpha value is -4.38. The van der Waals surface area contributed by atoms with E-state index in [-0.39, 0.29) is 43.6 Å². The summed E-state index contributed by atoms with van der Waals surface area (Å²) in [5, 5.41) is 7.95. The van der Waals surface area contributed by atoms with Crippen molar-refractivity contribution in [1.29, 1.82) is 0 Å². The van der Waals surface area contributed by atoms with Gasteiger partial charge in [0.1, 0.15) is 11.4 Å². The van der Waals surface area contributed by atoms with Crippen LogP contribution in [0.3, 0.4) is 0 Å². The van der Waals surface area contributed by atoms with Crippen LogP contribution in [-0.4, -0.2) is 35.4 Å². The van der Waals surface area contributed by atoms with Crippen LogP contribution in [0, 0.1) is 0 Å². The van der Waals surface area contributed by atoms with Gasteiger partial charge in [-0.1, -0.05) is 54.6 Å². The smallest absolute Gasteiger partial charge is 0.416 e. The molecule has 0 saturated carbocycles. The molecule has 7 nitrogen and oxygen atoms in total. The molecule has 1 aromatic heterocycles. The summed E-state index contributed by atoms with van der Waals surface area (Å²) in [5.41, 5.74) is 1.36. The molecule has 0 bridgehead atoms. The highest BCUT2D eigenvalue weighted by Crippen LogP contribution is 2.30. The fourth-order valence-corrected chi connectivity index (χ4v) is 4.59. The summed E-state index contributed by atoms with van der Waals surface area (Å²) >= 11 is 1.26. The lowest BCUT2D eigenvalue weighted by Crippen LogP contribution is -2.35. The Morgan fingerprint density at radius 1 is 0.975 bits per heavy atom. The van der Waals surface area contributed by atoms with Gasteiger partial charge in [-0.2, -0.15) is 13.2 Å². The number of thiazole rings is 1. The second-order valence-electron chi connectivity index (χ2n) is 8.80. The number of para-hydroxylation sites is 2. The highest BCUT2D eigenvalue weighted by atomic mass is 32.1. The first-order valence-corrected chi connectivity index (χ1v) is 13.2. The largest absolute Gasteiger partial charge is 0.495 e. The lowest BCUT2D eigenvalue weighted by atomic mass is 10.1. The van der Waals surface area contributed by atoms with E-state index in [1.54, 1.807) is 12.5 Å². The van der Waals surface area contributed by atoms with E-state index in [0.717, 1.165) is 17.7 Å². The summed E-state index contributed by atoms with van der Waals surface area (Å²) in [7, 11) is 1.56. The van der Waals surface area contributed by atoms with Gasteiger partial charge in [0.2, 0.25) is 5.91 Å².